The molecule has 33 heavy (non-hydrogen) atoms. The van der Waals surface area contributed by atoms with E-state index >= 15 is 0 Å². The fraction of sp³-hybridized carbons (Fsp3) is 0.565. The number of fused-ring (bicyclic) bond motifs is 14. The molecule has 1 aromatic carbocycles. The topological polar surface area (TPSA) is 115 Å². The minimum Gasteiger partial charge on any atom is -0.560 e. The third kappa shape index (κ3) is 8.78. The Morgan fingerprint density at radius 2 is 1.94 bits per heavy atom. The minimum atomic E-state index is -0.814. The Balaban J connectivity index is 2.33. The van der Waals surface area contributed by atoms with E-state index in [0.29, 0.717) is 38.7 Å². The predicted octanol–water partition coefficient (Wildman–Crippen LogP) is 0.942. The molecule has 2 N–H and O–H groups in total. The third-order valence-electron chi connectivity index (χ3n) is 5.30. The van der Waals surface area contributed by atoms with Gasteiger partial charge in [0.05, 0.1) is 13.7 Å². The Bertz CT molecular complexity index is 815. The van der Waals surface area contributed by atoms with Gasteiger partial charge in [-0.1, -0.05) is 26.0 Å². The van der Waals surface area contributed by atoms with Crippen LogP contribution in [0.4, 0.5) is 0 Å². The molecule has 180 valence electrons. The van der Waals surface area contributed by atoms with Crippen LogP contribution in [0.25, 0.3) is 0 Å². The molecule has 1 aromatic rings. The summed E-state index contributed by atoms with van der Waals surface area (Å²) in [5, 5.41) is 5.58. The number of nitrogens with zero attached hydrogens (tertiary/aromatic N) is 1. The van der Waals surface area contributed by atoms with Crippen LogP contribution < -0.4 is 15.4 Å². The lowest BCUT2D eigenvalue weighted by Crippen LogP contribution is -2.53. The fourth-order valence-electron chi connectivity index (χ4n) is 3.57. The second kappa shape index (κ2) is 13.5. The van der Waals surface area contributed by atoms with Crippen molar-refractivity contribution in [2.75, 3.05) is 13.7 Å². The van der Waals surface area contributed by atoms with Crippen molar-refractivity contribution in [3.05, 3.63) is 29.8 Å². The number of aliphatic imine (C=N–C) groups is 1. The van der Waals surface area contributed by atoms with Gasteiger partial charge >= 0.3 is 14.0 Å². The quantitative estimate of drug-likeness (QED) is 0.293. The summed E-state index contributed by atoms with van der Waals surface area (Å²) < 4.78 is 15.6. The molecule has 0 saturated carbocycles. The summed E-state index contributed by atoms with van der Waals surface area (Å²) in [4.78, 5) is 42.6. The number of nitrogens with one attached hydrogen (secondary N) is 2. The molecule has 10 heteroatoms. The maximum Gasteiger partial charge on any atom is 0.328 e. The van der Waals surface area contributed by atoms with Crippen molar-refractivity contribution < 1.29 is 28.5 Å². The first-order valence-electron chi connectivity index (χ1n) is 11.3. The molecule has 2 bridgehead atoms. The number of carbonyl (C=O) groups excluding carboxylic acids is 3. The lowest BCUT2D eigenvalue weighted by atomic mass is 10.0. The molecule has 0 aliphatic carbocycles. The van der Waals surface area contributed by atoms with Crippen LogP contribution >= 0.6 is 0 Å². The lowest BCUT2D eigenvalue weighted by Gasteiger charge is -2.24. The number of hydrogen-bond acceptors (Lipinski definition) is 7. The molecule has 0 unspecified atom stereocenters. The van der Waals surface area contributed by atoms with Gasteiger partial charge in [-0.05, 0) is 49.3 Å². The summed E-state index contributed by atoms with van der Waals surface area (Å²) in [6.07, 6.45) is 3.73. The van der Waals surface area contributed by atoms with E-state index in [0.717, 1.165) is 11.3 Å². The molecule has 0 aromatic heterocycles. The molecule has 2 amide bonds. The number of benzene rings is 1. The van der Waals surface area contributed by atoms with E-state index < -0.39 is 35.9 Å². The molecular formula is C23H34BN3O6. The zero-order chi connectivity index (χ0) is 24.2. The number of rotatable bonds is 5. The molecule has 2 aliphatic heterocycles. The van der Waals surface area contributed by atoms with Crippen LogP contribution in [0.3, 0.4) is 0 Å². The second-order valence-corrected chi connectivity index (χ2v) is 8.47. The highest BCUT2D eigenvalue weighted by molar-refractivity contribution is 6.02. The van der Waals surface area contributed by atoms with E-state index in [2.05, 4.69) is 15.6 Å². The highest BCUT2D eigenvalue weighted by Gasteiger charge is 2.29. The van der Waals surface area contributed by atoms with Crippen LogP contribution in [0.2, 0.25) is 0 Å². The van der Waals surface area contributed by atoms with Gasteiger partial charge in [-0.25, -0.2) is 9.79 Å². The maximum absolute atomic E-state index is 13.1. The summed E-state index contributed by atoms with van der Waals surface area (Å²) in [7, 11) is 2.74. The molecule has 2 aliphatic rings. The molecular weight excluding hydrogens is 425 g/mol. The van der Waals surface area contributed by atoms with E-state index in [-0.39, 0.29) is 5.92 Å². The second-order valence-electron chi connectivity index (χ2n) is 8.47. The van der Waals surface area contributed by atoms with Gasteiger partial charge in [0.2, 0.25) is 11.8 Å². The number of esters is 1. The van der Waals surface area contributed by atoms with Crippen LogP contribution in [0, 0.1) is 5.92 Å². The number of ether oxygens (including phenoxy) is 2. The SMILES string of the molecule is BOC=N[C@H]1Cc2ccc(cc2)OCCCC[C@@H](C(=O)OC)NC(=O)[C@H](CC(C)C)NC1=O. The summed E-state index contributed by atoms with van der Waals surface area (Å²) >= 11 is 0. The maximum atomic E-state index is 13.1. The van der Waals surface area contributed by atoms with Gasteiger partial charge in [-0.3, -0.25) is 9.59 Å². The van der Waals surface area contributed by atoms with Crippen molar-refractivity contribution in [1.82, 2.24) is 10.6 Å². The van der Waals surface area contributed by atoms with E-state index in [1.165, 1.54) is 21.6 Å². The first kappa shape index (κ1) is 26.2. The van der Waals surface area contributed by atoms with E-state index in [1.54, 1.807) is 0 Å². The number of carbonyl (C=O) groups is 3. The highest BCUT2D eigenvalue weighted by Crippen LogP contribution is 2.16. The van der Waals surface area contributed by atoms with Gasteiger partial charge in [0, 0.05) is 6.42 Å². The lowest BCUT2D eigenvalue weighted by molar-refractivity contribution is -0.145. The van der Waals surface area contributed by atoms with Crippen molar-refractivity contribution in [3.63, 3.8) is 0 Å². The van der Waals surface area contributed by atoms with E-state index in [9.17, 15) is 14.4 Å². The van der Waals surface area contributed by atoms with Crippen LogP contribution in [0.5, 0.6) is 5.75 Å². The van der Waals surface area contributed by atoms with Crippen molar-refractivity contribution in [1.29, 1.82) is 0 Å². The largest absolute Gasteiger partial charge is 0.560 e. The third-order valence-corrected chi connectivity index (χ3v) is 5.30. The Hall–Kier alpha value is -3.04. The number of amides is 2. The summed E-state index contributed by atoms with van der Waals surface area (Å²) in [6.45, 7) is 4.40. The molecule has 0 spiro atoms. The Morgan fingerprint density at radius 3 is 2.58 bits per heavy atom. The zero-order valence-corrected chi connectivity index (χ0v) is 19.8. The molecule has 2 heterocycles. The van der Waals surface area contributed by atoms with Gasteiger partial charge in [-0.2, -0.15) is 0 Å². The Morgan fingerprint density at radius 1 is 1.21 bits per heavy atom. The van der Waals surface area contributed by atoms with Crippen LogP contribution in [0.1, 0.15) is 45.1 Å². The van der Waals surface area contributed by atoms with Crippen molar-refractivity contribution in [3.8, 4) is 5.75 Å². The summed E-state index contributed by atoms with van der Waals surface area (Å²) in [5.74, 6) is -0.485. The first-order chi connectivity index (χ1) is 15.8. The predicted molar refractivity (Wildman–Crippen MR) is 127 cm³/mol. The van der Waals surface area contributed by atoms with Crippen LogP contribution in [-0.2, 0) is 30.2 Å². The zero-order valence-electron chi connectivity index (χ0n) is 19.8. The molecule has 3 atom stereocenters. The number of hydrogen-bond donors (Lipinski definition) is 2. The summed E-state index contributed by atoms with van der Waals surface area (Å²) in [5.41, 5.74) is 0.899. The van der Waals surface area contributed by atoms with Gasteiger partial charge in [0.15, 0.2) is 6.40 Å². The monoisotopic (exact) mass is 459 g/mol. The molecule has 0 fully saturated rings. The summed E-state index contributed by atoms with van der Waals surface area (Å²) in [6, 6.07) is 5.09. The normalized spacial score (nSPS) is 22.8. The van der Waals surface area contributed by atoms with E-state index in [4.69, 9.17) is 14.1 Å². The fourth-order valence-corrected chi connectivity index (χ4v) is 3.57. The molecule has 0 saturated heterocycles. The average Bonchev–Trinajstić information content (AvgIpc) is 2.79. The Kier molecular flexibility index (Phi) is 10.7. The van der Waals surface area contributed by atoms with Gasteiger partial charge in [0.1, 0.15) is 23.9 Å². The molecule has 3 rings (SSSR count). The minimum absolute atomic E-state index is 0.136. The molecule has 9 nitrogen and oxygen atoms in total. The number of methoxy groups -OCH3 is 1. The van der Waals surface area contributed by atoms with Crippen LogP contribution in [0.15, 0.2) is 29.3 Å². The highest BCUT2D eigenvalue weighted by atomic mass is 16.5. The van der Waals surface area contributed by atoms with Crippen molar-refractivity contribution in [2.24, 2.45) is 10.9 Å². The molecule has 0 radical (unpaired) electrons. The average molecular weight is 459 g/mol. The standard InChI is InChI=1S/C23H34BN3O6/c1-15(2)12-20-22(29)26-18(23(30)31-3)6-4-5-11-32-17-9-7-16(8-10-17)13-19(21(28)27-20)25-14-33-24/h7-10,14-15,18-20H,4-6,11-13,24H2,1-3H3,(H,26,29)(H,27,28)/t18-,19-,20-/m0/s1. The van der Waals surface area contributed by atoms with E-state index in [1.807, 2.05) is 38.1 Å². The van der Waals surface area contributed by atoms with Gasteiger partial charge < -0.3 is 24.8 Å². The van der Waals surface area contributed by atoms with Crippen molar-refractivity contribution >= 4 is 32.2 Å². The first-order valence-corrected chi connectivity index (χ1v) is 11.3. The smallest absolute Gasteiger partial charge is 0.328 e. The van der Waals surface area contributed by atoms with Crippen LogP contribution in [-0.4, -0.2) is 64.1 Å². The van der Waals surface area contributed by atoms with Crippen molar-refractivity contribution in [2.45, 2.75) is 64.1 Å². The van der Waals surface area contributed by atoms with Gasteiger partial charge in [-0.15, -0.1) is 0 Å². The Labute approximate surface area is 196 Å². The van der Waals surface area contributed by atoms with Gasteiger partial charge in [0.25, 0.3) is 0 Å².